The summed E-state index contributed by atoms with van der Waals surface area (Å²) in [7, 11) is 1.64. The van der Waals surface area contributed by atoms with Crippen molar-refractivity contribution in [2.75, 3.05) is 7.11 Å². The number of fused-ring (bicyclic) bond motifs is 1. The van der Waals surface area contributed by atoms with Crippen molar-refractivity contribution in [1.29, 1.82) is 0 Å². The summed E-state index contributed by atoms with van der Waals surface area (Å²) in [6.45, 7) is 6.00. The first-order valence-corrected chi connectivity index (χ1v) is 8.86. The van der Waals surface area contributed by atoms with Crippen LogP contribution in [-0.2, 0) is 4.79 Å². The van der Waals surface area contributed by atoms with Crippen LogP contribution in [0.15, 0.2) is 48.5 Å². The summed E-state index contributed by atoms with van der Waals surface area (Å²) in [6, 6.07) is 15.0. The summed E-state index contributed by atoms with van der Waals surface area (Å²) >= 11 is 0. The van der Waals surface area contributed by atoms with E-state index in [1.54, 1.807) is 7.11 Å². The van der Waals surface area contributed by atoms with E-state index in [0.717, 1.165) is 11.3 Å². The van der Waals surface area contributed by atoms with Crippen LogP contribution in [-0.4, -0.2) is 25.2 Å². The first-order chi connectivity index (χ1) is 12.5. The number of amides is 1. The number of carbonyl (C=O) groups excluding carboxylic acids is 1. The third-order valence-corrected chi connectivity index (χ3v) is 4.54. The van der Waals surface area contributed by atoms with Gasteiger partial charge in [0.25, 0.3) is 5.91 Å². The molecule has 1 aliphatic rings. The van der Waals surface area contributed by atoms with Gasteiger partial charge in [-0.3, -0.25) is 4.79 Å². The van der Waals surface area contributed by atoms with Gasteiger partial charge in [0, 0.05) is 0 Å². The highest BCUT2D eigenvalue weighted by Crippen LogP contribution is 2.34. The topological polar surface area (TPSA) is 56.8 Å². The number of ether oxygens (including phenoxy) is 3. The Morgan fingerprint density at radius 1 is 1.04 bits per heavy atom. The van der Waals surface area contributed by atoms with Crippen LogP contribution in [0.4, 0.5) is 0 Å². The molecule has 1 N–H and O–H groups in total. The maximum Gasteiger partial charge on any atom is 0.265 e. The molecule has 0 aliphatic carbocycles. The second kappa shape index (κ2) is 7.68. The van der Waals surface area contributed by atoms with E-state index in [1.807, 2.05) is 55.5 Å². The highest BCUT2D eigenvalue weighted by atomic mass is 16.6. The van der Waals surface area contributed by atoms with Crippen LogP contribution in [0.5, 0.6) is 17.2 Å². The molecule has 0 bridgehead atoms. The smallest absolute Gasteiger partial charge is 0.265 e. The lowest BCUT2D eigenvalue weighted by Gasteiger charge is -2.33. The van der Waals surface area contributed by atoms with Gasteiger partial charge in [-0.25, -0.2) is 0 Å². The molecule has 0 fully saturated rings. The molecule has 2 aromatic carbocycles. The molecule has 1 aliphatic heterocycles. The highest BCUT2D eigenvalue weighted by molar-refractivity contribution is 5.82. The van der Waals surface area contributed by atoms with E-state index in [4.69, 9.17) is 14.2 Å². The van der Waals surface area contributed by atoms with Crippen LogP contribution >= 0.6 is 0 Å². The van der Waals surface area contributed by atoms with Crippen LogP contribution in [0.2, 0.25) is 0 Å². The van der Waals surface area contributed by atoms with Crippen molar-refractivity contribution in [3.05, 3.63) is 54.1 Å². The fraction of sp³-hybridized carbons (Fsp3) is 0.381. The lowest BCUT2D eigenvalue weighted by molar-refractivity contribution is -0.134. The largest absolute Gasteiger partial charge is 0.497 e. The SMILES string of the molecule is COc1ccc(C(NC(=O)C2Oc3ccccc3OC2C)C(C)C)cc1. The molecule has 0 spiro atoms. The van der Waals surface area contributed by atoms with Gasteiger partial charge in [-0.05, 0) is 42.7 Å². The van der Waals surface area contributed by atoms with Gasteiger partial charge in [-0.2, -0.15) is 0 Å². The Bertz CT molecular complexity index is 757. The molecule has 3 rings (SSSR count). The predicted molar refractivity (Wildman–Crippen MR) is 99.7 cm³/mol. The Morgan fingerprint density at radius 2 is 1.65 bits per heavy atom. The van der Waals surface area contributed by atoms with E-state index in [1.165, 1.54) is 0 Å². The van der Waals surface area contributed by atoms with Crippen LogP contribution in [0.3, 0.4) is 0 Å². The van der Waals surface area contributed by atoms with E-state index in [2.05, 4.69) is 19.2 Å². The second-order valence-electron chi connectivity index (χ2n) is 6.81. The minimum absolute atomic E-state index is 0.124. The van der Waals surface area contributed by atoms with Crippen molar-refractivity contribution in [3.8, 4) is 17.2 Å². The van der Waals surface area contributed by atoms with Crippen molar-refractivity contribution in [1.82, 2.24) is 5.32 Å². The fourth-order valence-corrected chi connectivity index (χ4v) is 3.09. The van der Waals surface area contributed by atoms with Crippen LogP contribution < -0.4 is 19.5 Å². The lowest BCUT2D eigenvalue weighted by atomic mass is 9.95. The van der Waals surface area contributed by atoms with Crippen molar-refractivity contribution in [2.45, 2.75) is 39.0 Å². The molecule has 1 heterocycles. The maximum atomic E-state index is 12.9. The van der Waals surface area contributed by atoms with E-state index in [-0.39, 0.29) is 24.0 Å². The Labute approximate surface area is 154 Å². The highest BCUT2D eigenvalue weighted by Gasteiger charge is 2.35. The van der Waals surface area contributed by atoms with Gasteiger partial charge >= 0.3 is 0 Å². The van der Waals surface area contributed by atoms with Crippen LogP contribution in [0.1, 0.15) is 32.4 Å². The number of benzene rings is 2. The number of para-hydroxylation sites is 2. The molecule has 5 heteroatoms. The minimum atomic E-state index is -0.690. The Morgan fingerprint density at radius 3 is 2.23 bits per heavy atom. The zero-order valence-corrected chi connectivity index (χ0v) is 15.6. The summed E-state index contributed by atoms with van der Waals surface area (Å²) < 4.78 is 17.0. The number of nitrogens with one attached hydrogen (secondary N) is 1. The van der Waals surface area contributed by atoms with Crippen molar-refractivity contribution in [2.24, 2.45) is 5.92 Å². The molecule has 138 valence electrons. The van der Waals surface area contributed by atoms with Crippen LogP contribution in [0.25, 0.3) is 0 Å². The molecular weight excluding hydrogens is 330 g/mol. The summed E-state index contributed by atoms with van der Waals surface area (Å²) in [5.74, 6) is 2.09. The minimum Gasteiger partial charge on any atom is -0.497 e. The molecule has 0 aromatic heterocycles. The zero-order chi connectivity index (χ0) is 18.7. The summed E-state index contributed by atoms with van der Waals surface area (Å²) in [5.41, 5.74) is 1.03. The zero-order valence-electron chi connectivity index (χ0n) is 15.6. The Hall–Kier alpha value is -2.69. The normalized spacial score (nSPS) is 19.7. The Kier molecular flexibility index (Phi) is 5.35. The average molecular weight is 355 g/mol. The molecule has 0 radical (unpaired) electrons. The maximum absolute atomic E-state index is 12.9. The van der Waals surface area contributed by atoms with Gasteiger partial charge < -0.3 is 19.5 Å². The second-order valence-corrected chi connectivity index (χ2v) is 6.81. The fourth-order valence-electron chi connectivity index (χ4n) is 3.09. The molecule has 1 amide bonds. The average Bonchev–Trinajstić information content (AvgIpc) is 2.65. The quantitative estimate of drug-likeness (QED) is 0.888. The monoisotopic (exact) mass is 355 g/mol. The lowest BCUT2D eigenvalue weighted by Crippen LogP contribution is -2.50. The molecule has 5 nitrogen and oxygen atoms in total. The Balaban J connectivity index is 1.75. The van der Waals surface area contributed by atoms with Gasteiger partial charge in [0.05, 0.1) is 13.2 Å². The van der Waals surface area contributed by atoms with Crippen molar-refractivity contribution < 1.29 is 19.0 Å². The molecule has 3 atom stereocenters. The van der Waals surface area contributed by atoms with E-state index in [9.17, 15) is 4.79 Å². The standard InChI is InChI=1S/C21H25NO4/c1-13(2)19(15-9-11-16(24-4)12-10-15)22-21(23)20-14(3)25-17-7-5-6-8-18(17)26-20/h5-14,19-20H,1-4H3,(H,22,23). The predicted octanol–water partition coefficient (Wildman–Crippen LogP) is 3.74. The number of carbonyl (C=O) groups is 1. The molecule has 26 heavy (non-hydrogen) atoms. The van der Waals surface area contributed by atoms with Crippen LogP contribution in [0, 0.1) is 5.92 Å². The third kappa shape index (κ3) is 3.77. The van der Waals surface area contributed by atoms with E-state index >= 15 is 0 Å². The first-order valence-electron chi connectivity index (χ1n) is 8.86. The van der Waals surface area contributed by atoms with Crippen molar-refractivity contribution in [3.63, 3.8) is 0 Å². The molecule has 3 unspecified atom stereocenters. The number of methoxy groups -OCH3 is 1. The first kappa shape index (κ1) is 18.1. The molecule has 0 saturated heterocycles. The summed E-state index contributed by atoms with van der Waals surface area (Å²) in [5, 5.41) is 3.12. The van der Waals surface area contributed by atoms with Gasteiger partial charge in [0.15, 0.2) is 11.5 Å². The van der Waals surface area contributed by atoms with Gasteiger partial charge in [-0.1, -0.05) is 38.1 Å². The van der Waals surface area contributed by atoms with Crippen molar-refractivity contribution >= 4 is 5.91 Å². The van der Waals surface area contributed by atoms with E-state index < -0.39 is 6.10 Å². The number of rotatable bonds is 5. The molecule has 0 saturated carbocycles. The molecule has 2 aromatic rings. The van der Waals surface area contributed by atoms with Gasteiger partial charge in [-0.15, -0.1) is 0 Å². The van der Waals surface area contributed by atoms with E-state index in [0.29, 0.717) is 11.5 Å². The summed E-state index contributed by atoms with van der Waals surface area (Å²) in [4.78, 5) is 12.9. The summed E-state index contributed by atoms with van der Waals surface area (Å²) in [6.07, 6.45) is -1.06. The number of hydrogen-bond donors (Lipinski definition) is 1. The number of hydrogen-bond acceptors (Lipinski definition) is 4. The van der Waals surface area contributed by atoms with Gasteiger partial charge in [0.1, 0.15) is 11.9 Å². The molecular formula is C21H25NO4. The van der Waals surface area contributed by atoms with Gasteiger partial charge in [0.2, 0.25) is 6.10 Å². The third-order valence-electron chi connectivity index (χ3n) is 4.54.